The van der Waals surface area contributed by atoms with E-state index in [2.05, 4.69) is 45.7 Å². The second-order valence-corrected chi connectivity index (χ2v) is 6.61. The summed E-state index contributed by atoms with van der Waals surface area (Å²) in [5, 5.41) is 10.8. The van der Waals surface area contributed by atoms with Crippen LogP contribution in [0.5, 0.6) is 0 Å². The highest BCUT2D eigenvalue weighted by Crippen LogP contribution is 2.26. The van der Waals surface area contributed by atoms with Crippen molar-refractivity contribution in [3.8, 4) is 5.69 Å². The predicted molar refractivity (Wildman–Crippen MR) is 109 cm³/mol. The van der Waals surface area contributed by atoms with Crippen LogP contribution < -0.4 is 4.90 Å². The first-order chi connectivity index (χ1) is 13.5. The SMILES string of the molecule is C[C@@H](c1ccc(-n2cnc3ccccc32)cc1)N(C)c1ccc([N+](=O)[O-])cn1. The van der Waals surface area contributed by atoms with Gasteiger partial charge in [0.2, 0.25) is 0 Å². The number of nitro groups is 1. The Bertz CT molecular complexity index is 1120. The molecular formula is C21H19N5O2. The molecule has 1 atom stereocenters. The van der Waals surface area contributed by atoms with E-state index in [1.54, 1.807) is 6.07 Å². The van der Waals surface area contributed by atoms with Gasteiger partial charge in [-0.05, 0) is 42.8 Å². The second kappa shape index (κ2) is 7.11. The normalized spacial score (nSPS) is 12.1. The summed E-state index contributed by atoms with van der Waals surface area (Å²) in [7, 11) is 1.93. The number of hydrogen-bond acceptors (Lipinski definition) is 5. The fourth-order valence-corrected chi connectivity index (χ4v) is 3.20. The Balaban J connectivity index is 1.56. The van der Waals surface area contributed by atoms with Crippen LogP contribution in [0.3, 0.4) is 0 Å². The van der Waals surface area contributed by atoms with E-state index >= 15 is 0 Å². The van der Waals surface area contributed by atoms with Crippen molar-refractivity contribution >= 4 is 22.5 Å². The maximum Gasteiger partial charge on any atom is 0.287 e. The predicted octanol–water partition coefficient (Wildman–Crippen LogP) is 4.53. The third-order valence-electron chi connectivity index (χ3n) is 4.99. The van der Waals surface area contributed by atoms with E-state index in [4.69, 9.17) is 0 Å². The van der Waals surface area contributed by atoms with Gasteiger partial charge in [0.15, 0.2) is 0 Å². The maximum absolute atomic E-state index is 10.8. The monoisotopic (exact) mass is 373 g/mol. The van der Waals surface area contributed by atoms with E-state index < -0.39 is 4.92 Å². The number of fused-ring (bicyclic) bond motifs is 1. The van der Waals surface area contributed by atoms with Crippen molar-refractivity contribution in [1.29, 1.82) is 0 Å². The van der Waals surface area contributed by atoms with E-state index in [1.807, 2.05) is 42.5 Å². The minimum Gasteiger partial charge on any atom is -0.353 e. The summed E-state index contributed by atoms with van der Waals surface area (Å²) in [6, 6.07) is 19.5. The van der Waals surface area contributed by atoms with Crippen molar-refractivity contribution in [2.24, 2.45) is 0 Å². The molecule has 2 aromatic heterocycles. The fourth-order valence-electron chi connectivity index (χ4n) is 3.20. The van der Waals surface area contributed by atoms with Crippen LogP contribution in [0.25, 0.3) is 16.7 Å². The molecule has 2 heterocycles. The van der Waals surface area contributed by atoms with Crippen molar-refractivity contribution in [3.63, 3.8) is 0 Å². The second-order valence-electron chi connectivity index (χ2n) is 6.61. The van der Waals surface area contributed by atoms with E-state index in [0.717, 1.165) is 22.3 Å². The summed E-state index contributed by atoms with van der Waals surface area (Å²) in [6.07, 6.45) is 3.11. The fraction of sp³-hybridized carbons (Fsp3) is 0.143. The standard InChI is InChI=1S/C21H19N5O2/c1-15(24(2)21-12-11-18(13-22-21)26(27)28)16-7-9-17(10-8-16)25-14-23-19-5-3-4-6-20(19)25/h3-15H,1-2H3/t15-/m0/s1. The zero-order valence-electron chi connectivity index (χ0n) is 15.6. The summed E-state index contributed by atoms with van der Waals surface area (Å²) >= 11 is 0. The number of imidazole rings is 1. The van der Waals surface area contributed by atoms with Crippen LogP contribution in [0.1, 0.15) is 18.5 Å². The van der Waals surface area contributed by atoms with Crippen LogP contribution in [0.2, 0.25) is 0 Å². The van der Waals surface area contributed by atoms with Gasteiger partial charge in [-0.3, -0.25) is 14.7 Å². The highest BCUT2D eigenvalue weighted by molar-refractivity contribution is 5.77. The van der Waals surface area contributed by atoms with Gasteiger partial charge < -0.3 is 4.90 Å². The number of pyridine rings is 1. The Morgan fingerprint density at radius 3 is 2.46 bits per heavy atom. The highest BCUT2D eigenvalue weighted by atomic mass is 16.6. The molecule has 0 unspecified atom stereocenters. The van der Waals surface area contributed by atoms with E-state index in [9.17, 15) is 10.1 Å². The molecular weight excluding hydrogens is 354 g/mol. The number of aromatic nitrogens is 3. The lowest BCUT2D eigenvalue weighted by Crippen LogP contribution is -2.22. The highest BCUT2D eigenvalue weighted by Gasteiger charge is 2.15. The Kier molecular flexibility index (Phi) is 4.49. The zero-order valence-corrected chi connectivity index (χ0v) is 15.6. The molecule has 0 aliphatic heterocycles. The van der Waals surface area contributed by atoms with Gasteiger partial charge >= 0.3 is 0 Å². The smallest absolute Gasteiger partial charge is 0.287 e. The molecule has 2 aromatic carbocycles. The number of rotatable bonds is 5. The number of anilines is 1. The molecule has 140 valence electrons. The van der Waals surface area contributed by atoms with Crippen molar-refractivity contribution in [1.82, 2.24) is 14.5 Å². The van der Waals surface area contributed by atoms with E-state index in [0.29, 0.717) is 5.82 Å². The first kappa shape index (κ1) is 17.7. The number of benzene rings is 2. The molecule has 28 heavy (non-hydrogen) atoms. The molecule has 0 saturated carbocycles. The van der Waals surface area contributed by atoms with Gasteiger partial charge in [-0.15, -0.1) is 0 Å². The van der Waals surface area contributed by atoms with Gasteiger partial charge in [0.25, 0.3) is 5.69 Å². The third kappa shape index (κ3) is 3.18. The molecule has 7 heteroatoms. The van der Waals surface area contributed by atoms with Gasteiger partial charge in [-0.1, -0.05) is 24.3 Å². The minimum atomic E-state index is -0.446. The molecule has 0 aliphatic rings. The quantitative estimate of drug-likeness (QED) is 0.379. The Labute approximate surface area is 162 Å². The van der Waals surface area contributed by atoms with Gasteiger partial charge in [0.05, 0.1) is 22.0 Å². The summed E-state index contributed by atoms with van der Waals surface area (Å²) in [5.74, 6) is 0.683. The topological polar surface area (TPSA) is 77.1 Å². The first-order valence-corrected chi connectivity index (χ1v) is 8.90. The van der Waals surface area contributed by atoms with Crippen molar-refractivity contribution < 1.29 is 4.92 Å². The molecule has 0 aliphatic carbocycles. The van der Waals surface area contributed by atoms with Crippen LogP contribution in [0, 0.1) is 10.1 Å². The number of para-hydroxylation sites is 2. The molecule has 0 spiro atoms. The van der Waals surface area contributed by atoms with Crippen LogP contribution in [-0.4, -0.2) is 26.5 Å². The Morgan fingerprint density at radius 1 is 1.04 bits per heavy atom. The van der Waals surface area contributed by atoms with Crippen LogP contribution in [0.4, 0.5) is 11.5 Å². The lowest BCUT2D eigenvalue weighted by molar-refractivity contribution is -0.385. The van der Waals surface area contributed by atoms with Crippen LogP contribution >= 0.6 is 0 Å². The summed E-state index contributed by atoms with van der Waals surface area (Å²) in [6.45, 7) is 2.07. The molecule has 0 amide bonds. The molecule has 4 aromatic rings. The number of nitrogens with zero attached hydrogens (tertiary/aromatic N) is 5. The summed E-state index contributed by atoms with van der Waals surface area (Å²) in [5.41, 5.74) is 4.18. The third-order valence-corrected chi connectivity index (χ3v) is 4.99. The maximum atomic E-state index is 10.8. The molecule has 0 radical (unpaired) electrons. The van der Waals surface area contributed by atoms with E-state index in [1.165, 1.54) is 12.3 Å². The van der Waals surface area contributed by atoms with Crippen molar-refractivity contribution in [3.05, 3.63) is 88.9 Å². The lowest BCUT2D eigenvalue weighted by Gasteiger charge is -2.26. The molecule has 7 nitrogen and oxygen atoms in total. The summed E-state index contributed by atoms with van der Waals surface area (Å²) in [4.78, 5) is 21.0. The van der Waals surface area contributed by atoms with Gasteiger partial charge in [0.1, 0.15) is 18.3 Å². The lowest BCUT2D eigenvalue weighted by atomic mass is 10.1. The minimum absolute atomic E-state index is 0.0123. The Morgan fingerprint density at radius 2 is 1.79 bits per heavy atom. The van der Waals surface area contributed by atoms with Gasteiger partial charge in [0, 0.05) is 18.8 Å². The Hall–Kier alpha value is -3.74. The van der Waals surface area contributed by atoms with E-state index in [-0.39, 0.29) is 11.7 Å². The number of hydrogen-bond donors (Lipinski definition) is 0. The van der Waals surface area contributed by atoms with Crippen LogP contribution in [0.15, 0.2) is 73.2 Å². The molecule has 0 fully saturated rings. The van der Waals surface area contributed by atoms with Gasteiger partial charge in [-0.2, -0.15) is 0 Å². The molecule has 4 rings (SSSR count). The largest absolute Gasteiger partial charge is 0.353 e. The molecule has 0 N–H and O–H groups in total. The van der Waals surface area contributed by atoms with Gasteiger partial charge in [-0.25, -0.2) is 9.97 Å². The average Bonchev–Trinajstić information content (AvgIpc) is 3.17. The van der Waals surface area contributed by atoms with Crippen molar-refractivity contribution in [2.75, 3.05) is 11.9 Å². The molecule has 0 bridgehead atoms. The van der Waals surface area contributed by atoms with Crippen LogP contribution in [-0.2, 0) is 0 Å². The molecule has 0 saturated heterocycles. The average molecular weight is 373 g/mol. The summed E-state index contributed by atoms with van der Waals surface area (Å²) < 4.78 is 2.06. The van der Waals surface area contributed by atoms with Crippen molar-refractivity contribution in [2.45, 2.75) is 13.0 Å². The zero-order chi connectivity index (χ0) is 19.7. The first-order valence-electron chi connectivity index (χ1n) is 8.90.